The van der Waals surface area contributed by atoms with Crippen LogP contribution in [0.25, 0.3) is 33.2 Å². The zero-order chi connectivity index (χ0) is 24.9. The van der Waals surface area contributed by atoms with E-state index in [1.165, 1.54) is 16.3 Å². The molecule has 0 bridgehead atoms. The van der Waals surface area contributed by atoms with Gasteiger partial charge in [-0.1, -0.05) is 84.0 Å². The zero-order valence-corrected chi connectivity index (χ0v) is 19.4. The lowest BCUT2D eigenvalue weighted by molar-refractivity contribution is 0.590. The summed E-state index contributed by atoms with van der Waals surface area (Å²) in [4.78, 5) is 4.67. The summed E-state index contributed by atoms with van der Waals surface area (Å²) in [6, 6.07) is 22.6. The lowest BCUT2D eigenvalue weighted by Gasteiger charge is -2.23. The van der Waals surface area contributed by atoms with Crippen molar-refractivity contribution in [1.82, 2.24) is 4.98 Å². The van der Waals surface area contributed by atoms with Crippen molar-refractivity contribution in [2.45, 2.75) is 59.2 Å². The molecule has 0 aliphatic rings. The van der Waals surface area contributed by atoms with E-state index in [4.69, 9.17) is 4.11 Å². The molecule has 1 heterocycles. The van der Waals surface area contributed by atoms with Crippen LogP contribution in [0, 0.1) is 6.85 Å². The van der Waals surface area contributed by atoms with Crippen molar-refractivity contribution >= 4 is 10.8 Å². The molecule has 0 spiro atoms. The van der Waals surface area contributed by atoms with Crippen molar-refractivity contribution in [1.29, 1.82) is 0 Å². The molecule has 4 rings (SSSR count). The molecule has 0 atom stereocenters. The molecular weight excluding hydrogens is 374 g/mol. The molecule has 0 amide bonds. The van der Waals surface area contributed by atoms with Gasteiger partial charge in [-0.15, -0.1) is 0 Å². The lowest BCUT2D eigenvalue weighted by atomic mass is 9.82. The van der Waals surface area contributed by atoms with Crippen molar-refractivity contribution < 1.29 is 4.11 Å². The fraction of sp³-hybridized carbons (Fsp3) is 0.300. The van der Waals surface area contributed by atoms with Gasteiger partial charge in [-0.25, -0.2) is 0 Å². The second-order valence-corrected chi connectivity index (χ2v) is 10.4. The number of benzene rings is 3. The molecule has 1 aromatic heterocycles. The van der Waals surface area contributed by atoms with Gasteiger partial charge in [-0.05, 0) is 80.5 Å². The highest BCUT2D eigenvalue weighted by molar-refractivity contribution is 5.91. The van der Waals surface area contributed by atoms with Crippen LogP contribution in [0.2, 0.25) is 0 Å². The van der Waals surface area contributed by atoms with Crippen molar-refractivity contribution in [3.8, 4) is 22.4 Å². The molecule has 0 fully saturated rings. The maximum atomic E-state index is 8.19. The van der Waals surface area contributed by atoms with Crippen LogP contribution in [-0.4, -0.2) is 4.98 Å². The molecule has 1 nitrogen and oxygen atoms in total. The summed E-state index contributed by atoms with van der Waals surface area (Å²) in [5, 5.41) is 2.42. The first kappa shape index (κ1) is 17.7. The van der Waals surface area contributed by atoms with Crippen LogP contribution in [0.1, 0.15) is 62.3 Å². The van der Waals surface area contributed by atoms with Gasteiger partial charge in [0.05, 0.1) is 5.69 Å². The van der Waals surface area contributed by atoms with Crippen molar-refractivity contribution in [3.05, 3.63) is 89.6 Å². The third-order valence-corrected chi connectivity index (χ3v) is 5.92. The Morgan fingerprint density at radius 1 is 0.742 bits per heavy atom. The topological polar surface area (TPSA) is 12.9 Å². The SMILES string of the molecule is [2H]C([2H])([2H])c1cc(C(C)(C)C)ccc1-c1ccnc(-c2cc(C(C)(C)C)c3ccccc3c2)c1. The molecule has 0 saturated heterocycles. The van der Waals surface area contributed by atoms with E-state index < -0.39 is 6.85 Å². The average molecular weight is 411 g/mol. The van der Waals surface area contributed by atoms with E-state index in [0.717, 1.165) is 27.9 Å². The van der Waals surface area contributed by atoms with E-state index >= 15 is 0 Å². The highest BCUT2D eigenvalue weighted by Gasteiger charge is 2.19. The van der Waals surface area contributed by atoms with E-state index in [9.17, 15) is 0 Å². The highest BCUT2D eigenvalue weighted by Crippen LogP contribution is 2.36. The van der Waals surface area contributed by atoms with Gasteiger partial charge in [-0.2, -0.15) is 0 Å². The molecule has 31 heavy (non-hydrogen) atoms. The van der Waals surface area contributed by atoms with Gasteiger partial charge in [0.2, 0.25) is 0 Å². The summed E-state index contributed by atoms with van der Waals surface area (Å²) in [7, 11) is 0. The third-order valence-electron chi connectivity index (χ3n) is 5.92. The summed E-state index contributed by atoms with van der Waals surface area (Å²) in [5.41, 5.74) is 5.98. The Morgan fingerprint density at radius 2 is 1.52 bits per heavy atom. The van der Waals surface area contributed by atoms with E-state index in [-0.39, 0.29) is 10.8 Å². The zero-order valence-electron chi connectivity index (χ0n) is 22.4. The maximum Gasteiger partial charge on any atom is 0.0708 e. The quantitative estimate of drug-likeness (QED) is 0.323. The Kier molecular flexibility index (Phi) is 4.37. The first-order valence-electron chi connectivity index (χ1n) is 12.4. The first-order chi connectivity index (χ1) is 15.7. The van der Waals surface area contributed by atoms with Gasteiger partial charge < -0.3 is 0 Å². The number of pyridine rings is 1. The van der Waals surface area contributed by atoms with Gasteiger partial charge in [0.15, 0.2) is 0 Å². The number of rotatable bonds is 2. The fourth-order valence-electron chi connectivity index (χ4n) is 4.10. The van der Waals surface area contributed by atoms with Gasteiger partial charge in [0.25, 0.3) is 0 Å². The molecule has 0 N–H and O–H groups in total. The minimum Gasteiger partial charge on any atom is -0.256 e. The summed E-state index contributed by atoms with van der Waals surface area (Å²) < 4.78 is 24.6. The average Bonchev–Trinajstić information content (AvgIpc) is 2.76. The predicted molar refractivity (Wildman–Crippen MR) is 135 cm³/mol. The fourth-order valence-corrected chi connectivity index (χ4v) is 4.10. The highest BCUT2D eigenvalue weighted by atomic mass is 14.7. The largest absolute Gasteiger partial charge is 0.256 e. The Bertz CT molecular complexity index is 1350. The second kappa shape index (κ2) is 7.64. The Morgan fingerprint density at radius 3 is 2.23 bits per heavy atom. The number of hydrogen-bond donors (Lipinski definition) is 0. The second-order valence-electron chi connectivity index (χ2n) is 10.4. The molecular formula is C30H33N. The minimum absolute atomic E-state index is 0.0234. The summed E-state index contributed by atoms with van der Waals surface area (Å²) in [5.74, 6) is 0. The normalized spacial score (nSPS) is 14.2. The van der Waals surface area contributed by atoms with E-state index in [2.05, 4.69) is 82.9 Å². The smallest absolute Gasteiger partial charge is 0.0708 e. The van der Waals surface area contributed by atoms with Gasteiger partial charge in [-0.3, -0.25) is 4.98 Å². The summed E-state index contributed by atoms with van der Waals surface area (Å²) >= 11 is 0. The molecule has 1 heteroatoms. The lowest BCUT2D eigenvalue weighted by Crippen LogP contribution is -2.12. The van der Waals surface area contributed by atoms with E-state index in [1.54, 1.807) is 6.20 Å². The van der Waals surface area contributed by atoms with E-state index in [1.807, 2.05) is 30.3 Å². The van der Waals surface area contributed by atoms with Crippen molar-refractivity contribution in [3.63, 3.8) is 0 Å². The van der Waals surface area contributed by atoms with Gasteiger partial charge in [0, 0.05) is 15.9 Å². The number of aryl methyl sites for hydroxylation is 1. The summed E-state index contributed by atoms with van der Waals surface area (Å²) in [6.07, 6.45) is 1.78. The number of nitrogens with zero attached hydrogens (tertiary/aromatic N) is 1. The van der Waals surface area contributed by atoms with E-state index in [0.29, 0.717) is 5.56 Å². The van der Waals surface area contributed by atoms with Crippen LogP contribution < -0.4 is 0 Å². The minimum atomic E-state index is -2.21. The van der Waals surface area contributed by atoms with Crippen LogP contribution in [0.15, 0.2) is 72.9 Å². The van der Waals surface area contributed by atoms with Crippen molar-refractivity contribution in [2.24, 2.45) is 0 Å². The van der Waals surface area contributed by atoms with Crippen LogP contribution in [0.4, 0.5) is 0 Å². The monoisotopic (exact) mass is 410 g/mol. The molecule has 0 saturated carbocycles. The molecule has 4 aromatic rings. The molecule has 0 aliphatic carbocycles. The molecule has 0 aliphatic heterocycles. The molecule has 158 valence electrons. The molecule has 0 radical (unpaired) electrons. The van der Waals surface area contributed by atoms with Gasteiger partial charge in [0.1, 0.15) is 0 Å². The van der Waals surface area contributed by atoms with Crippen LogP contribution in [0.5, 0.6) is 0 Å². The number of fused-ring (bicyclic) bond motifs is 1. The van der Waals surface area contributed by atoms with Gasteiger partial charge >= 0.3 is 0 Å². The Labute approximate surface area is 191 Å². The third kappa shape index (κ3) is 4.28. The Balaban J connectivity index is 1.90. The van der Waals surface area contributed by atoms with Crippen LogP contribution >= 0.6 is 0 Å². The van der Waals surface area contributed by atoms with Crippen molar-refractivity contribution in [2.75, 3.05) is 0 Å². The molecule has 3 aromatic carbocycles. The molecule has 0 unspecified atom stereocenters. The number of hydrogen-bond acceptors (Lipinski definition) is 1. The van der Waals surface area contributed by atoms with Crippen LogP contribution in [0.3, 0.4) is 0 Å². The standard InChI is InChI=1S/C30H33N/c1-20-16-24(29(2,3)4)12-13-25(20)22-14-15-31-28(19-22)23-17-21-10-8-9-11-26(21)27(18-23)30(5,6)7/h8-19H,1-7H3/i1D3. The predicted octanol–water partition coefficient (Wildman–Crippen LogP) is 8.47. The maximum absolute atomic E-state index is 8.19. The first-order valence-corrected chi connectivity index (χ1v) is 10.9. The Hall–Kier alpha value is -2.93. The number of aromatic nitrogens is 1. The van der Waals surface area contributed by atoms with Crippen LogP contribution in [-0.2, 0) is 10.8 Å². The summed E-state index contributed by atoms with van der Waals surface area (Å²) in [6.45, 7) is 10.8.